The predicted molar refractivity (Wildman–Crippen MR) is 91.0 cm³/mol. The van der Waals surface area contributed by atoms with Gasteiger partial charge in [0.1, 0.15) is 0 Å². The van der Waals surface area contributed by atoms with Crippen LogP contribution in [0, 0.1) is 0 Å². The van der Waals surface area contributed by atoms with Crippen LogP contribution in [0.25, 0.3) is 0 Å². The second kappa shape index (κ2) is 5.42. The molecule has 24 heavy (non-hydrogen) atoms. The largest absolute Gasteiger partial charge is 0.289 e. The predicted octanol–water partition coefficient (Wildman–Crippen LogP) is 3.65. The van der Waals surface area contributed by atoms with Crippen LogP contribution in [0.1, 0.15) is 27.0 Å². The van der Waals surface area contributed by atoms with Crippen molar-refractivity contribution in [2.24, 2.45) is 0 Å². The topological polar surface area (TPSA) is 51.2 Å². The first-order valence-corrected chi connectivity index (χ1v) is 9.12. The van der Waals surface area contributed by atoms with Crippen molar-refractivity contribution in [1.82, 2.24) is 0 Å². The molecular weight excluding hydrogens is 320 g/mol. The van der Waals surface area contributed by atoms with Gasteiger partial charge in [0.05, 0.1) is 9.79 Å². The van der Waals surface area contributed by atoms with Crippen LogP contribution in [0.5, 0.6) is 0 Å². The molecule has 4 heteroatoms. The fourth-order valence-electron chi connectivity index (χ4n) is 3.17. The Morgan fingerprint density at radius 1 is 0.708 bits per heavy atom. The summed E-state index contributed by atoms with van der Waals surface area (Å²) in [6.45, 7) is 0. The average Bonchev–Trinajstić information content (AvgIpc) is 2.62. The third-order valence-electron chi connectivity index (χ3n) is 4.33. The second-order valence-electron chi connectivity index (χ2n) is 5.77. The van der Waals surface area contributed by atoms with Crippen LogP contribution in [0.3, 0.4) is 0 Å². The molecule has 0 atom stereocenters. The molecule has 3 aromatic carbocycles. The van der Waals surface area contributed by atoms with E-state index in [4.69, 9.17) is 0 Å². The highest BCUT2D eigenvalue weighted by Gasteiger charge is 2.30. The summed E-state index contributed by atoms with van der Waals surface area (Å²) in [5, 5.41) is 0. The molecule has 0 saturated heterocycles. The van der Waals surface area contributed by atoms with Gasteiger partial charge in [-0.05, 0) is 35.7 Å². The lowest BCUT2D eigenvalue weighted by molar-refractivity contribution is 0.103. The molecule has 0 aromatic heterocycles. The Kier molecular flexibility index (Phi) is 3.36. The number of fused-ring (bicyclic) bond motifs is 2. The van der Waals surface area contributed by atoms with Gasteiger partial charge in [-0.3, -0.25) is 4.79 Å². The van der Waals surface area contributed by atoms with E-state index in [2.05, 4.69) is 0 Å². The number of hydrogen-bond acceptors (Lipinski definition) is 3. The van der Waals surface area contributed by atoms with E-state index in [1.807, 2.05) is 18.2 Å². The number of rotatable bonds is 2. The first-order valence-electron chi connectivity index (χ1n) is 7.63. The minimum absolute atomic E-state index is 0.0886. The maximum Gasteiger partial charge on any atom is 0.207 e. The molecule has 3 aromatic rings. The summed E-state index contributed by atoms with van der Waals surface area (Å²) < 4.78 is 26.0. The van der Waals surface area contributed by atoms with Crippen molar-refractivity contribution in [3.8, 4) is 0 Å². The molecular formula is C20H14O3S. The zero-order valence-corrected chi connectivity index (χ0v) is 13.6. The van der Waals surface area contributed by atoms with Crippen LogP contribution in [-0.4, -0.2) is 14.2 Å². The van der Waals surface area contributed by atoms with E-state index < -0.39 is 9.84 Å². The van der Waals surface area contributed by atoms with Crippen LogP contribution >= 0.6 is 0 Å². The maximum atomic E-state index is 13.0. The van der Waals surface area contributed by atoms with Gasteiger partial charge in [0.2, 0.25) is 9.84 Å². The first-order chi connectivity index (χ1) is 11.6. The Labute approximate surface area is 140 Å². The number of carbonyl (C=O) groups excluding carboxylic acids is 1. The minimum Gasteiger partial charge on any atom is -0.289 e. The van der Waals surface area contributed by atoms with Gasteiger partial charge in [0.25, 0.3) is 0 Å². The van der Waals surface area contributed by atoms with Gasteiger partial charge in [0, 0.05) is 11.1 Å². The normalized spacial score (nSPS) is 13.2. The second-order valence-corrected chi connectivity index (χ2v) is 7.69. The highest BCUT2D eigenvalue weighted by Crippen LogP contribution is 2.33. The number of hydrogen-bond donors (Lipinski definition) is 0. The molecule has 0 heterocycles. The van der Waals surface area contributed by atoms with Crippen LogP contribution in [0.15, 0.2) is 82.6 Å². The van der Waals surface area contributed by atoms with Crippen LogP contribution < -0.4 is 0 Å². The first kappa shape index (κ1) is 14.8. The van der Waals surface area contributed by atoms with Crippen molar-refractivity contribution in [3.63, 3.8) is 0 Å². The molecule has 0 amide bonds. The molecule has 0 unspecified atom stereocenters. The van der Waals surface area contributed by atoms with Crippen molar-refractivity contribution in [1.29, 1.82) is 0 Å². The Bertz CT molecular complexity index is 1050. The van der Waals surface area contributed by atoms with Crippen molar-refractivity contribution in [3.05, 3.63) is 95.1 Å². The zero-order chi connectivity index (χ0) is 16.7. The van der Waals surface area contributed by atoms with E-state index in [9.17, 15) is 13.2 Å². The Balaban J connectivity index is 1.95. The fraction of sp³-hybridized carbons (Fsp3) is 0.0500. The standard InChI is InChI=1S/C20H14O3S/c21-20-17-11-5-4-7-14(17)13-15-8-6-12-18(19(15)20)24(22,23)16-9-2-1-3-10-16/h1-12H,13H2. The third kappa shape index (κ3) is 2.19. The van der Waals surface area contributed by atoms with Gasteiger partial charge in [-0.1, -0.05) is 54.6 Å². The van der Waals surface area contributed by atoms with Gasteiger partial charge >= 0.3 is 0 Å². The van der Waals surface area contributed by atoms with Crippen molar-refractivity contribution < 1.29 is 13.2 Å². The number of sulfone groups is 1. The van der Waals surface area contributed by atoms with E-state index in [-0.39, 0.29) is 15.6 Å². The summed E-state index contributed by atoms with van der Waals surface area (Å²) in [6, 6.07) is 20.6. The molecule has 0 radical (unpaired) electrons. The van der Waals surface area contributed by atoms with Crippen molar-refractivity contribution in [2.75, 3.05) is 0 Å². The highest BCUT2D eigenvalue weighted by molar-refractivity contribution is 7.91. The molecule has 3 nitrogen and oxygen atoms in total. The van der Waals surface area contributed by atoms with E-state index in [0.29, 0.717) is 17.5 Å². The molecule has 0 fully saturated rings. The van der Waals surface area contributed by atoms with Crippen molar-refractivity contribution in [2.45, 2.75) is 16.2 Å². The summed E-state index contributed by atoms with van der Waals surface area (Å²) in [6.07, 6.45) is 0.565. The molecule has 1 aliphatic carbocycles. The molecule has 0 saturated carbocycles. The SMILES string of the molecule is O=C1c2ccccc2Cc2cccc(S(=O)(=O)c3ccccc3)c21. The summed E-state index contributed by atoms with van der Waals surface area (Å²) in [5.41, 5.74) is 2.58. The van der Waals surface area contributed by atoms with E-state index in [1.54, 1.807) is 48.5 Å². The van der Waals surface area contributed by atoms with E-state index in [1.165, 1.54) is 6.07 Å². The summed E-state index contributed by atoms with van der Waals surface area (Å²) in [4.78, 5) is 13.2. The molecule has 1 aliphatic rings. The number of ketones is 1. The van der Waals surface area contributed by atoms with E-state index >= 15 is 0 Å². The van der Waals surface area contributed by atoms with Crippen molar-refractivity contribution >= 4 is 15.6 Å². The minimum atomic E-state index is -3.74. The van der Waals surface area contributed by atoms with Crippen LogP contribution in [0.2, 0.25) is 0 Å². The molecule has 0 bridgehead atoms. The lowest BCUT2D eigenvalue weighted by Gasteiger charge is -2.21. The number of benzene rings is 3. The fourth-order valence-corrected chi connectivity index (χ4v) is 4.69. The summed E-state index contributed by atoms with van der Waals surface area (Å²) in [7, 11) is -3.74. The quantitative estimate of drug-likeness (QED) is 0.562. The van der Waals surface area contributed by atoms with E-state index in [0.717, 1.165) is 11.1 Å². The Hall–Kier alpha value is -2.72. The lowest BCUT2D eigenvalue weighted by atomic mass is 9.85. The molecule has 0 aliphatic heterocycles. The van der Waals surface area contributed by atoms with Crippen LogP contribution in [-0.2, 0) is 16.3 Å². The maximum absolute atomic E-state index is 13.0. The molecule has 0 N–H and O–H groups in total. The zero-order valence-electron chi connectivity index (χ0n) is 12.8. The summed E-state index contributed by atoms with van der Waals surface area (Å²) >= 11 is 0. The third-order valence-corrected chi connectivity index (χ3v) is 6.14. The molecule has 0 spiro atoms. The van der Waals surface area contributed by atoms with Gasteiger partial charge in [-0.25, -0.2) is 8.42 Å². The van der Waals surface area contributed by atoms with Crippen LogP contribution in [0.4, 0.5) is 0 Å². The summed E-state index contributed by atoms with van der Waals surface area (Å²) in [5.74, 6) is -0.220. The van der Waals surface area contributed by atoms with Gasteiger partial charge in [-0.2, -0.15) is 0 Å². The molecule has 4 rings (SSSR count). The number of carbonyl (C=O) groups is 1. The monoisotopic (exact) mass is 334 g/mol. The smallest absolute Gasteiger partial charge is 0.207 e. The van der Waals surface area contributed by atoms with Gasteiger partial charge in [-0.15, -0.1) is 0 Å². The Morgan fingerprint density at radius 2 is 1.38 bits per heavy atom. The molecule has 118 valence electrons. The van der Waals surface area contributed by atoms with Gasteiger partial charge < -0.3 is 0 Å². The lowest BCUT2D eigenvalue weighted by Crippen LogP contribution is -2.19. The van der Waals surface area contributed by atoms with Gasteiger partial charge in [0.15, 0.2) is 5.78 Å². The average molecular weight is 334 g/mol. The Morgan fingerprint density at radius 3 is 2.17 bits per heavy atom. The highest BCUT2D eigenvalue weighted by atomic mass is 32.2.